The van der Waals surface area contributed by atoms with Crippen molar-refractivity contribution in [2.45, 2.75) is 6.54 Å². The zero-order chi connectivity index (χ0) is 22.9. The molecule has 0 fully saturated rings. The van der Waals surface area contributed by atoms with E-state index in [1.165, 1.54) is 0 Å². The Morgan fingerprint density at radius 3 is 2.42 bits per heavy atom. The summed E-state index contributed by atoms with van der Waals surface area (Å²) >= 11 is 12.5. The van der Waals surface area contributed by atoms with E-state index in [4.69, 9.17) is 17.2 Å². The molecule has 10 heteroatoms. The summed E-state index contributed by atoms with van der Waals surface area (Å²) in [5.74, 6) is 0.981. The average molecular weight is 584 g/mol. The smallest absolute Gasteiger partial charge is 0.263 e. The predicted molar refractivity (Wildman–Crippen MR) is 139 cm³/mol. The van der Waals surface area contributed by atoms with E-state index in [1.807, 2.05) is 71.3 Å². The Morgan fingerprint density at radius 2 is 1.70 bits per heavy atom. The van der Waals surface area contributed by atoms with E-state index in [0.717, 1.165) is 20.3 Å². The fourth-order valence-electron chi connectivity index (χ4n) is 3.56. The van der Waals surface area contributed by atoms with E-state index < -0.39 is 0 Å². The van der Waals surface area contributed by atoms with Crippen molar-refractivity contribution in [2.75, 3.05) is 5.32 Å². The molecular weight excluding hydrogens is 568 g/mol. The number of fused-ring (bicyclic) bond motifs is 1. The third-order valence-corrected chi connectivity index (χ3v) is 6.40. The Hall–Kier alpha value is -3.08. The zero-order valence-corrected chi connectivity index (χ0v) is 21.0. The maximum atomic E-state index is 13.7. The summed E-state index contributed by atoms with van der Waals surface area (Å²) in [6.45, 7) is 0.156. The highest BCUT2D eigenvalue weighted by molar-refractivity contribution is 9.11. The van der Waals surface area contributed by atoms with Gasteiger partial charge in [-0.2, -0.15) is 5.10 Å². The van der Waals surface area contributed by atoms with Gasteiger partial charge in [-0.15, -0.1) is 0 Å². The van der Waals surface area contributed by atoms with Crippen molar-refractivity contribution >= 4 is 66.6 Å². The Morgan fingerprint density at radius 1 is 1.00 bits per heavy atom. The van der Waals surface area contributed by atoms with Crippen molar-refractivity contribution in [2.24, 2.45) is 0 Å². The van der Waals surface area contributed by atoms with Gasteiger partial charge in [0.25, 0.3) is 5.56 Å². The van der Waals surface area contributed by atoms with Crippen LogP contribution in [0.1, 0.15) is 5.82 Å². The van der Waals surface area contributed by atoms with E-state index >= 15 is 0 Å². The van der Waals surface area contributed by atoms with Crippen LogP contribution in [0.15, 0.2) is 86.5 Å². The molecular formula is C23H16Br2N6OS. The molecule has 2 heterocycles. The topological polar surface area (TPSA) is 80.5 Å². The van der Waals surface area contributed by atoms with Gasteiger partial charge in [0.15, 0.2) is 10.6 Å². The van der Waals surface area contributed by atoms with E-state index in [0.29, 0.717) is 27.4 Å². The second-order valence-corrected chi connectivity index (χ2v) is 9.37. The summed E-state index contributed by atoms with van der Waals surface area (Å²) in [7, 11) is 0. The molecule has 5 aromatic rings. The molecule has 0 atom stereocenters. The van der Waals surface area contributed by atoms with Crippen LogP contribution in [0.3, 0.4) is 0 Å². The molecule has 0 unspecified atom stereocenters. The van der Waals surface area contributed by atoms with Crippen LogP contribution < -0.4 is 10.9 Å². The summed E-state index contributed by atoms with van der Waals surface area (Å²) in [6.07, 6.45) is 0. The number of rotatable bonds is 5. The van der Waals surface area contributed by atoms with Crippen molar-refractivity contribution in [3.05, 3.63) is 103 Å². The third-order valence-electron chi connectivity index (χ3n) is 5.06. The Bertz CT molecular complexity index is 1580. The molecule has 0 aliphatic heterocycles. The number of hydrogen-bond donors (Lipinski definition) is 2. The van der Waals surface area contributed by atoms with Gasteiger partial charge in [0.05, 0.1) is 17.4 Å². The number of nitrogens with zero attached hydrogens (tertiary/aromatic N) is 4. The molecule has 3 aromatic carbocycles. The number of benzene rings is 3. The van der Waals surface area contributed by atoms with Gasteiger partial charge in [-0.05, 0) is 64.5 Å². The lowest BCUT2D eigenvalue weighted by molar-refractivity contribution is 0.700. The van der Waals surface area contributed by atoms with Crippen molar-refractivity contribution in [3.8, 4) is 5.69 Å². The van der Waals surface area contributed by atoms with Gasteiger partial charge in [-0.1, -0.05) is 52.3 Å². The minimum Gasteiger partial charge on any atom is -0.326 e. The molecule has 0 aliphatic carbocycles. The number of para-hydroxylation sites is 2. The lowest BCUT2D eigenvalue weighted by Crippen LogP contribution is -2.26. The normalized spacial score (nSPS) is 11.1. The standard InChI is InChI=1S/C23H16Br2N6OS/c24-14-11-17-20(18(25)12-14)27-22(26-15-7-3-1-4-8-15)30(21(17)32)13-19-28-29-23(33)31(19)16-9-5-2-6-10-16/h1-12H,13H2,(H,26,27)(H,29,33). The predicted octanol–water partition coefficient (Wildman–Crippen LogP) is 5.96. The second-order valence-electron chi connectivity index (χ2n) is 7.22. The van der Waals surface area contributed by atoms with E-state index in [1.54, 1.807) is 10.6 Å². The monoisotopic (exact) mass is 582 g/mol. The number of halogens is 2. The van der Waals surface area contributed by atoms with Crippen LogP contribution in [-0.4, -0.2) is 24.3 Å². The van der Waals surface area contributed by atoms with Crippen molar-refractivity contribution in [1.29, 1.82) is 0 Å². The third kappa shape index (κ3) is 4.29. The van der Waals surface area contributed by atoms with Crippen LogP contribution >= 0.6 is 44.1 Å². The van der Waals surface area contributed by atoms with Crippen LogP contribution in [0.5, 0.6) is 0 Å². The first-order chi connectivity index (χ1) is 16.0. The Kier molecular flexibility index (Phi) is 5.96. The molecule has 0 spiro atoms. The van der Waals surface area contributed by atoms with Gasteiger partial charge >= 0.3 is 0 Å². The fraction of sp³-hybridized carbons (Fsp3) is 0.0435. The molecule has 5 rings (SSSR count). The molecule has 0 aliphatic rings. The molecule has 0 amide bonds. The highest BCUT2D eigenvalue weighted by Crippen LogP contribution is 2.27. The SMILES string of the molecule is O=c1c2cc(Br)cc(Br)c2nc(Nc2ccccc2)n1Cc1n[nH]c(=S)n1-c1ccccc1. The van der Waals surface area contributed by atoms with Gasteiger partial charge in [0.2, 0.25) is 5.95 Å². The number of nitrogens with one attached hydrogen (secondary N) is 2. The van der Waals surface area contributed by atoms with Gasteiger partial charge < -0.3 is 5.32 Å². The van der Waals surface area contributed by atoms with Crippen LogP contribution in [0.4, 0.5) is 11.6 Å². The van der Waals surface area contributed by atoms with Crippen LogP contribution in [0, 0.1) is 4.77 Å². The Labute approximate surface area is 210 Å². The first-order valence-corrected chi connectivity index (χ1v) is 11.9. The molecule has 164 valence electrons. The van der Waals surface area contributed by atoms with Crippen molar-refractivity contribution in [3.63, 3.8) is 0 Å². The van der Waals surface area contributed by atoms with Gasteiger partial charge in [-0.3, -0.25) is 19.0 Å². The molecule has 7 nitrogen and oxygen atoms in total. The summed E-state index contributed by atoms with van der Waals surface area (Å²) in [5, 5.41) is 11.0. The van der Waals surface area contributed by atoms with Gasteiger partial charge in [-0.25, -0.2) is 4.98 Å². The van der Waals surface area contributed by atoms with Crippen molar-refractivity contribution in [1.82, 2.24) is 24.3 Å². The van der Waals surface area contributed by atoms with E-state index in [9.17, 15) is 4.79 Å². The highest BCUT2D eigenvalue weighted by Gasteiger charge is 2.18. The molecule has 2 N–H and O–H groups in total. The first kappa shape index (κ1) is 21.7. The number of aromatic nitrogens is 5. The molecule has 2 aromatic heterocycles. The minimum atomic E-state index is -0.200. The highest BCUT2D eigenvalue weighted by atomic mass is 79.9. The molecule has 33 heavy (non-hydrogen) atoms. The number of anilines is 2. The van der Waals surface area contributed by atoms with Crippen LogP contribution in [0.25, 0.3) is 16.6 Å². The van der Waals surface area contributed by atoms with E-state index in [-0.39, 0.29) is 12.1 Å². The maximum Gasteiger partial charge on any atom is 0.263 e. The second kappa shape index (κ2) is 9.05. The first-order valence-electron chi connectivity index (χ1n) is 9.94. The molecule has 0 saturated carbocycles. The fourth-order valence-corrected chi connectivity index (χ4v) is 5.13. The minimum absolute atomic E-state index is 0.156. The lowest BCUT2D eigenvalue weighted by Gasteiger charge is -2.16. The van der Waals surface area contributed by atoms with Crippen LogP contribution in [0.2, 0.25) is 0 Å². The average Bonchev–Trinajstić information content (AvgIpc) is 3.18. The lowest BCUT2D eigenvalue weighted by atomic mass is 10.2. The van der Waals surface area contributed by atoms with Gasteiger partial charge in [0.1, 0.15) is 0 Å². The number of aromatic amines is 1. The number of hydrogen-bond acceptors (Lipinski definition) is 5. The van der Waals surface area contributed by atoms with Crippen LogP contribution in [-0.2, 0) is 6.54 Å². The summed E-state index contributed by atoms with van der Waals surface area (Å²) in [6, 6.07) is 22.9. The maximum absolute atomic E-state index is 13.7. The van der Waals surface area contributed by atoms with E-state index in [2.05, 4.69) is 47.4 Å². The van der Waals surface area contributed by atoms with Crippen molar-refractivity contribution < 1.29 is 0 Å². The summed E-state index contributed by atoms with van der Waals surface area (Å²) < 4.78 is 5.33. The largest absolute Gasteiger partial charge is 0.326 e. The molecule has 0 bridgehead atoms. The molecule has 0 radical (unpaired) electrons. The van der Waals surface area contributed by atoms with Gasteiger partial charge in [0, 0.05) is 20.3 Å². The quantitative estimate of drug-likeness (QED) is 0.250. The summed E-state index contributed by atoms with van der Waals surface area (Å²) in [5.41, 5.74) is 2.04. The molecule has 0 saturated heterocycles. The Balaban J connectivity index is 1.71. The number of H-pyrrole nitrogens is 1. The zero-order valence-electron chi connectivity index (χ0n) is 17.0. The summed E-state index contributed by atoms with van der Waals surface area (Å²) in [4.78, 5) is 18.5.